The largest absolute Gasteiger partial charge is 0.496 e. The zero-order valence-corrected chi connectivity index (χ0v) is 12.3. The molecule has 1 heterocycles. The molecule has 1 aliphatic heterocycles. The number of ether oxygens (including phenoxy) is 1. The van der Waals surface area contributed by atoms with E-state index in [1.807, 2.05) is 0 Å². The average molecular weight is 305 g/mol. The molecule has 1 fully saturated rings. The Labute approximate surface area is 124 Å². The van der Waals surface area contributed by atoms with Crippen LogP contribution in [0.5, 0.6) is 5.75 Å². The van der Waals surface area contributed by atoms with Gasteiger partial charge in [0.05, 0.1) is 12.7 Å². The molecule has 0 aliphatic carbocycles. The lowest BCUT2D eigenvalue weighted by atomic mass is 10.1. The first-order chi connectivity index (χ1) is 8.70. The van der Waals surface area contributed by atoms with E-state index in [-0.39, 0.29) is 24.4 Å². The van der Waals surface area contributed by atoms with Gasteiger partial charge in [0.1, 0.15) is 5.75 Å². The summed E-state index contributed by atoms with van der Waals surface area (Å²) in [6, 6.07) is 5.21. The minimum absolute atomic E-state index is 0. The van der Waals surface area contributed by atoms with E-state index in [4.69, 9.17) is 16.3 Å². The van der Waals surface area contributed by atoms with Crippen molar-refractivity contribution in [3.8, 4) is 5.75 Å². The Kier molecular flexibility index (Phi) is 6.42. The number of benzene rings is 1. The van der Waals surface area contributed by atoms with Crippen molar-refractivity contribution in [2.75, 3.05) is 20.2 Å². The lowest BCUT2D eigenvalue weighted by molar-refractivity contribution is 0.0927. The van der Waals surface area contributed by atoms with Crippen LogP contribution < -0.4 is 15.4 Å². The van der Waals surface area contributed by atoms with Crippen molar-refractivity contribution in [3.05, 3.63) is 28.8 Å². The summed E-state index contributed by atoms with van der Waals surface area (Å²) in [6.45, 7) is 1.85. The first-order valence-corrected chi connectivity index (χ1v) is 6.43. The third-order valence-electron chi connectivity index (χ3n) is 3.04. The van der Waals surface area contributed by atoms with E-state index in [0.29, 0.717) is 16.3 Å². The van der Waals surface area contributed by atoms with Crippen LogP contribution >= 0.6 is 24.0 Å². The van der Waals surface area contributed by atoms with E-state index in [1.165, 1.54) is 7.11 Å². The van der Waals surface area contributed by atoms with Crippen molar-refractivity contribution < 1.29 is 9.53 Å². The number of rotatable bonds is 3. The predicted molar refractivity (Wildman–Crippen MR) is 78.6 cm³/mol. The molecular weight excluding hydrogens is 287 g/mol. The molecule has 0 unspecified atom stereocenters. The quantitative estimate of drug-likeness (QED) is 0.900. The molecule has 1 amide bonds. The number of carbonyl (C=O) groups is 1. The number of nitrogens with one attached hydrogen (secondary N) is 2. The van der Waals surface area contributed by atoms with Crippen LogP contribution in [0.25, 0.3) is 0 Å². The SMILES string of the molecule is COc1cc(Cl)ccc1C(=O)N[C@@H]1CCCNC1.Cl. The number of halogens is 2. The molecule has 2 N–H and O–H groups in total. The Morgan fingerprint density at radius 3 is 2.95 bits per heavy atom. The molecule has 1 saturated heterocycles. The molecule has 0 bridgehead atoms. The first kappa shape index (κ1) is 16.1. The molecule has 1 aromatic carbocycles. The van der Waals surface area contributed by atoms with Crippen LogP contribution in [0.4, 0.5) is 0 Å². The third kappa shape index (κ3) is 4.27. The molecule has 106 valence electrons. The number of amides is 1. The van der Waals surface area contributed by atoms with Crippen LogP contribution in [-0.4, -0.2) is 32.1 Å². The molecule has 1 aromatic rings. The number of hydrogen-bond donors (Lipinski definition) is 2. The smallest absolute Gasteiger partial charge is 0.255 e. The normalized spacial score (nSPS) is 18.3. The zero-order valence-electron chi connectivity index (χ0n) is 10.7. The molecule has 2 rings (SSSR count). The highest BCUT2D eigenvalue weighted by atomic mass is 35.5. The van der Waals surface area contributed by atoms with Gasteiger partial charge in [-0.05, 0) is 37.6 Å². The molecular formula is C13H18Cl2N2O2. The number of hydrogen-bond acceptors (Lipinski definition) is 3. The summed E-state index contributed by atoms with van der Waals surface area (Å²) in [6.07, 6.45) is 2.09. The van der Waals surface area contributed by atoms with Gasteiger partial charge in [0.15, 0.2) is 0 Å². The number of piperidine rings is 1. The molecule has 0 saturated carbocycles. The Hall–Kier alpha value is -0.970. The van der Waals surface area contributed by atoms with Gasteiger partial charge in [-0.2, -0.15) is 0 Å². The topological polar surface area (TPSA) is 50.4 Å². The van der Waals surface area contributed by atoms with Gasteiger partial charge in [0.25, 0.3) is 5.91 Å². The Balaban J connectivity index is 0.00000180. The van der Waals surface area contributed by atoms with E-state index < -0.39 is 0 Å². The third-order valence-corrected chi connectivity index (χ3v) is 3.28. The fourth-order valence-electron chi connectivity index (χ4n) is 2.09. The van der Waals surface area contributed by atoms with E-state index >= 15 is 0 Å². The van der Waals surface area contributed by atoms with Crippen molar-refractivity contribution in [3.63, 3.8) is 0 Å². The van der Waals surface area contributed by atoms with Crippen LogP contribution in [0, 0.1) is 0 Å². The van der Waals surface area contributed by atoms with Gasteiger partial charge < -0.3 is 15.4 Å². The highest BCUT2D eigenvalue weighted by Crippen LogP contribution is 2.23. The lowest BCUT2D eigenvalue weighted by Gasteiger charge is -2.24. The van der Waals surface area contributed by atoms with Crippen molar-refractivity contribution in [1.29, 1.82) is 0 Å². The molecule has 0 radical (unpaired) electrons. The fraction of sp³-hybridized carbons (Fsp3) is 0.462. The summed E-state index contributed by atoms with van der Waals surface area (Å²) in [5, 5.41) is 6.83. The van der Waals surface area contributed by atoms with E-state index in [0.717, 1.165) is 25.9 Å². The van der Waals surface area contributed by atoms with Gasteiger partial charge in [-0.3, -0.25) is 4.79 Å². The Morgan fingerprint density at radius 1 is 1.53 bits per heavy atom. The molecule has 0 aromatic heterocycles. The van der Waals surface area contributed by atoms with E-state index in [9.17, 15) is 4.79 Å². The maximum atomic E-state index is 12.1. The maximum absolute atomic E-state index is 12.1. The number of methoxy groups -OCH3 is 1. The van der Waals surface area contributed by atoms with Crippen molar-refractivity contribution in [1.82, 2.24) is 10.6 Å². The van der Waals surface area contributed by atoms with Crippen molar-refractivity contribution >= 4 is 29.9 Å². The van der Waals surface area contributed by atoms with Crippen molar-refractivity contribution in [2.45, 2.75) is 18.9 Å². The average Bonchev–Trinajstić information content (AvgIpc) is 2.39. The minimum Gasteiger partial charge on any atom is -0.496 e. The van der Waals surface area contributed by atoms with Crippen LogP contribution in [0.1, 0.15) is 23.2 Å². The Morgan fingerprint density at radius 2 is 2.32 bits per heavy atom. The van der Waals surface area contributed by atoms with E-state index in [1.54, 1.807) is 18.2 Å². The van der Waals surface area contributed by atoms with Crippen molar-refractivity contribution in [2.24, 2.45) is 0 Å². The van der Waals surface area contributed by atoms with Crippen LogP contribution in [0.3, 0.4) is 0 Å². The van der Waals surface area contributed by atoms with Gasteiger partial charge >= 0.3 is 0 Å². The summed E-state index contributed by atoms with van der Waals surface area (Å²) in [7, 11) is 1.53. The van der Waals surface area contributed by atoms with Gasteiger partial charge in [-0.25, -0.2) is 0 Å². The van der Waals surface area contributed by atoms with Gasteiger partial charge in [0.2, 0.25) is 0 Å². The molecule has 6 heteroatoms. The number of carbonyl (C=O) groups excluding carboxylic acids is 1. The summed E-state index contributed by atoms with van der Waals surface area (Å²) in [5.41, 5.74) is 0.521. The predicted octanol–water partition coefficient (Wildman–Crippen LogP) is 2.25. The van der Waals surface area contributed by atoms with Gasteiger partial charge in [-0.1, -0.05) is 11.6 Å². The lowest BCUT2D eigenvalue weighted by Crippen LogP contribution is -2.45. The molecule has 0 spiro atoms. The van der Waals surface area contributed by atoms with Crippen LogP contribution in [0.15, 0.2) is 18.2 Å². The second-order valence-electron chi connectivity index (χ2n) is 4.36. The highest BCUT2D eigenvalue weighted by molar-refractivity contribution is 6.30. The van der Waals surface area contributed by atoms with Gasteiger partial charge in [0, 0.05) is 17.6 Å². The van der Waals surface area contributed by atoms with Gasteiger partial charge in [-0.15, -0.1) is 12.4 Å². The highest BCUT2D eigenvalue weighted by Gasteiger charge is 2.18. The second kappa shape index (κ2) is 7.58. The Bertz CT molecular complexity index is 435. The summed E-state index contributed by atoms with van der Waals surface area (Å²) >= 11 is 5.87. The second-order valence-corrected chi connectivity index (χ2v) is 4.80. The zero-order chi connectivity index (χ0) is 13.0. The molecule has 1 atom stereocenters. The van der Waals surface area contributed by atoms with Crippen LogP contribution in [-0.2, 0) is 0 Å². The van der Waals surface area contributed by atoms with E-state index in [2.05, 4.69) is 10.6 Å². The molecule has 4 nitrogen and oxygen atoms in total. The fourth-order valence-corrected chi connectivity index (χ4v) is 2.25. The minimum atomic E-state index is -0.114. The summed E-state index contributed by atoms with van der Waals surface area (Å²) in [5.74, 6) is 0.390. The monoisotopic (exact) mass is 304 g/mol. The summed E-state index contributed by atoms with van der Waals surface area (Å²) in [4.78, 5) is 12.1. The standard InChI is InChI=1S/C13H17ClN2O2.ClH/c1-18-12-7-9(14)4-5-11(12)13(17)16-10-3-2-6-15-8-10;/h4-5,7,10,15H,2-3,6,8H2,1H3,(H,16,17);1H/t10-;/m1./s1. The first-order valence-electron chi connectivity index (χ1n) is 6.06. The summed E-state index contributed by atoms with van der Waals surface area (Å²) < 4.78 is 5.18. The maximum Gasteiger partial charge on any atom is 0.255 e. The molecule has 19 heavy (non-hydrogen) atoms. The molecule has 1 aliphatic rings. The van der Waals surface area contributed by atoms with Crippen LogP contribution in [0.2, 0.25) is 5.02 Å².